The maximum absolute atomic E-state index is 12.3. The van der Waals surface area contributed by atoms with Crippen LogP contribution in [0.1, 0.15) is 11.4 Å². The maximum Gasteiger partial charge on any atom is 0.264 e. The second-order valence-corrected chi connectivity index (χ2v) is 6.76. The molecule has 0 aliphatic carbocycles. The number of hydrogen-bond acceptors (Lipinski definition) is 5. The number of sulfonamides is 1. The monoisotopic (exact) mass is 353 g/mol. The van der Waals surface area contributed by atoms with Crippen LogP contribution in [0.3, 0.4) is 0 Å². The molecule has 0 aliphatic heterocycles. The van der Waals surface area contributed by atoms with Crippen LogP contribution < -0.4 is 10.5 Å². The van der Waals surface area contributed by atoms with Crippen LogP contribution in [0.15, 0.2) is 40.2 Å². The van der Waals surface area contributed by atoms with Crippen molar-refractivity contribution in [3.05, 3.63) is 41.7 Å². The van der Waals surface area contributed by atoms with Crippen molar-refractivity contribution in [1.29, 1.82) is 0 Å². The summed E-state index contributed by atoms with van der Waals surface area (Å²) in [5.41, 5.74) is 7.40. The number of rotatable bonds is 5. The number of nitrogens with zero attached hydrogens (tertiary/aromatic N) is 3. The topological polar surface area (TPSA) is 110 Å². The Kier molecular flexibility index (Phi) is 5.17. The molecule has 0 saturated carbocycles. The van der Waals surface area contributed by atoms with Crippen molar-refractivity contribution in [2.24, 2.45) is 10.7 Å². The number of amidine groups is 1. The van der Waals surface area contributed by atoms with Crippen LogP contribution in [0.25, 0.3) is 0 Å². The second-order valence-electron chi connectivity index (χ2n) is 4.81. The number of benzene rings is 1. The number of nitrogens with one attached hydrogen (secondary N) is 1. The number of nitrogens with two attached hydrogens (primary N) is 1. The lowest BCUT2D eigenvalue weighted by Gasteiger charge is -2.08. The van der Waals surface area contributed by atoms with Crippen molar-refractivity contribution >= 4 is 39.1 Å². The zero-order chi connectivity index (χ0) is 17.0. The summed E-state index contributed by atoms with van der Waals surface area (Å²) < 4.78 is 27.0. The minimum absolute atomic E-state index is 0.0379. The third-order valence-corrected chi connectivity index (χ3v) is 4.38. The van der Waals surface area contributed by atoms with Crippen molar-refractivity contribution in [1.82, 2.24) is 9.97 Å². The Morgan fingerprint density at radius 3 is 2.30 bits per heavy atom. The normalized spacial score (nSPS) is 12.2. The average molecular weight is 354 g/mol. The molecule has 0 bridgehead atoms. The van der Waals surface area contributed by atoms with Crippen LogP contribution in [0.5, 0.6) is 0 Å². The molecule has 1 aromatic heterocycles. The number of anilines is 1. The molecule has 2 rings (SSSR count). The van der Waals surface area contributed by atoms with Gasteiger partial charge in [0.25, 0.3) is 10.0 Å². The summed E-state index contributed by atoms with van der Waals surface area (Å²) in [6.07, 6.45) is 0. The third-order valence-electron chi connectivity index (χ3n) is 2.76. The zero-order valence-electron chi connectivity index (χ0n) is 12.6. The van der Waals surface area contributed by atoms with Crippen LogP contribution in [0, 0.1) is 13.8 Å². The van der Waals surface area contributed by atoms with Crippen LogP contribution in [0.2, 0.25) is 0 Å². The zero-order valence-corrected chi connectivity index (χ0v) is 14.2. The summed E-state index contributed by atoms with van der Waals surface area (Å²) in [6.45, 7) is 3.53. The van der Waals surface area contributed by atoms with Gasteiger partial charge in [-0.05, 0) is 44.2 Å². The molecule has 0 unspecified atom stereocenters. The molecular weight excluding hydrogens is 338 g/mol. The number of aryl methyl sites for hydroxylation is 2. The fraction of sp³-hybridized carbons (Fsp3) is 0.214. The molecule has 1 aromatic carbocycles. The number of hydrogen-bond donors (Lipinski definition) is 2. The summed E-state index contributed by atoms with van der Waals surface area (Å²) in [7, 11) is -3.78. The Hall–Kier alpha value is -2.19. The molecule has 23 heavy (non-hydrogen) atoms. The molecule has 0 saturated heterocycles. The van der Waals surface area contributed by atoms with E-state index >= 15 is 0 Å². The lowest BCUT2D eigenvalue weighted by atomic mass is 10.3. The predicted octanol–water partition coefficient (Wildman–Crippen LogP) is 2.12. The number of alkyl halides is 1. The van der Waals surface area contributed by atoms with Crippen molar-refractivity contribution in [3.8, 4) is 0 Å². The molecule has 2 aromatic rings. The molecule has 7 nitrogen and oxygen atoms in total. The maximum atomic E-state index is 12.3. The molecule has 0 aliphatic rings. The Labute approximate surface area is 139 Å². The lowest BCUT2D eigenvalue weighted by Crippen LogP contribution is -2.15. The van der Waals surface area contributed by atoms with Crippen LogP contribution in [-0.2, 0) is 10.0 Å². The molecule has 0 atom stereocenters. The molecular formula is C14H16ClN5O2S. The van der Waals surface area contributed by atoms with Crippen molar-refractivity contribution < 1.29 is 8.42 Å². The first-order chi connectivity index (χ1) is 10.8. The quantitative estimate of drug-likeness (QED) is 0.486. The minimum atomic E-state index is -3.78. The summed E-state index contributed by atoms with van der Waals surface area (Å²) in [5, 5.41) is 0. The van der Waals surface area contributed by atoms with Crippen molar-refractivity contribution in [2.45, 2.75) is 18.7 Å². The van der Waals surface area contributed by atoms with Gasteiger partial charge in [-0.3, -0.25) is 0 Å². The largest absolute Gasteiger partial charge is 0.386 e. The van der Waals surface area contributed by atoms with E-state index in [9.17, 15) is 8.42 Å². The van der Waals surface area contributed by atoms with Gasteiger partial charge >= 0.3 is 0 Å². The van der Waals surface area contributed by atoms with Gasteiger partial charge in [0.05, 0.1) is 16.5 Å². The first-order valence-electron chi connectivity index (χ1n) is 6.64. The number of halogens is 1. The average Bonchev–Trinajstić information content (AvgIpc) is 2.46. The smallest absolute Gasteiger partial charge is 0.264 e. The number of aliphatic imine (C=N–C) groups is 1. The molecule has 9 heteroatoms. The van der Waals surface area contributed by atoms with Gasteiger partial charge in [0, 0.05) is 11.4 Å². The Bertz CT molecular complexity index is 814. The van der Waals surface area contributed by atoms with E-state index in [4.69, 9.17) is 17.3 Å². The predicted molar refractivity (Wildman–Crippen MR) is 90.8 cm³/mol. The highest BCUT2D eigenvalue weighted by molar-refractivity contribution is 7.92. The van der Waals surface area contributed by atoms with Gasteiger partial charge in [-0.1, -0.05) is 0 Å². The summed E-state index contributed by atoms with van der Waals surface area (Å²) >= 11 is 5.55. The Morgan fingerprint density at radius 1 is 1.22 bits per heavy atom. The van der Waals surface area contributed by atoms with Crippen molar-refractivity contribution in [2.75, 3.05) is 10.6 Å². The van der Waals surface area contributed by atoms with E-state index in [-0.39, 0.29) is 22.6 Å². The van der Waals surface area contributed by atoms with E-state index in [0.29, 0.717) is 17.1 Å². The fourth-order valence-electron chi connectivity index (χ4n) is 1.85. The molecule has 0 amide bonds. The highest BCUT2D eigenvalue weighted by Crippen LogP contribution is 2.18. The van der Waals surface area contributed by atoms with E-state index in [2.05, 4.69) is 19.7 Å². The van der Waals surface area contributed by atoms with Gasteiger partial charge in [0.1, 0.15) is 5.84 Å². The van der Waals surface area contributed by atoms with E-state index < -0.39 is 10.0 Å². The van der Waals surface area contributed by atoms with Gasteiger partial charge in [0.2, 0.25) is 5.95 Å². The molecule has 122 valence electrons. The van der Waals surface area contributed by atoms with Gasteiger partial charge in [0.15, 0.2) is 0 Å². The van der Waals surface area contributed by atoms with Crippen LogP contribution in [0.4, 0.5) is 11.6 Å². The lowest BCUT2D eigenvalue weighted by molar-refractivity contribution is 0.601. The van der Waals surface area contributed by atoms with Gasteiger partial charge in [-0.15, -0.1) is 11.6 Å². The van der Waals surface area contributed by atoms with Crippen LogP contribution in [-0.4, -0.2) is 30.1 Å². The summed E-state index contributed by atoms with van der Waals surface area (Å²) in [6, 6.07) is 7.68. The molecule has 0 spiro atoms. The SMILES string of the molecule is Cc1cc(C)nc(NS(=O)(=O)c2ccc(N=C(N)CCl)cc2)n1. The summed E-state index contributed by atoms with van der Waals surface area (Å²) in [5.74, 6) is 0.395. The molecule has 1 heterocycles. The van der Waals surface area contributed by atoms with Gasteiger partial charge in [-0.2, -0.15) is 0 Å². The molecule has 0 radical (unpaired) electrons. The minimum Gasteiger partial charge on any atom is -0.386 e. The van der Waals surface area contributed by atoms with Gasteiger partial charge < -0.3 is 5.73 Å². The Morgan fingerprint density at radius 2 is 1.78 bits per heavy atom. The van der Waals surface area contributed by atoms with Crippen LogP contribution >= 0.6 is 11.6 Å². The first kappa shape index (κ1) is 17.2. The fourth-order valence-corrected chi connectivity index (χ4v) is 2.85. The highest BCUT2D eigenvalue weighted by atomic mass is 35.5. The molecule has 0 fully saturated rings. The highest BCUT2D eigenvalue weighted by Gasteiger charge is 2.16. The standard InChI is InChI=1S/C14H16ClN5O2S/c1-9-7-10(2)18-14(17-9)20-23(21,22)12-5-3-11(4-6-12)19-13(16)8-15/h3-7H,8H2,1-2H3,(H2,16,19)(H,17,18,20). The first-order valence-corrected chi connectivity index (χ1v) is 8.66. The van der Waals surface area contributed by atoms with E-state index in [1.54, 1.807) is 19.9 Å². The van der Waals surface area contributed by atoms with E-state index in [0.717, 1.165) is 0 Å². The summed E-state index contributed by atoms with van der Waals surface area (Å²) in [4.78, 5) is 12.2. The van der Waals surface area contributed by atoms with E-state index in [1.807, 2.05) is 0 Å². The van der Waals surface area contributed by atoms with Crippen molar-refractivity contribution in [3.63, 3.8) is 0 Å². The second kappa shape index (κ2) is 6.93. The third kappa shape index (κ3) is 4.64. The van der Waals surface area contributed by atoms with E-state index in [1.165, 1.54) is 24.3 Å². The Balaban J connectivity index is 2.26. The van der Waals surface area contributed by atoms with Gasteiger partial charge in [-0.25, -0.2) is 28.1 Å². The number of aromatic nitrogens is 2. The molecule has 3 N–H and O–H groups in total.